The number of carbonyl (C=O) groups excluding carboxylic acids is 1. The van der Waals surface area contributed by atoms with Gasteiger partial charge < -0.3 is 15.0 Å². The number of nitriles is 1. The van der Waals surface area contributed by atoms with Gasteiger partial charge in [-0.05, 0) is 41.6 Å². The van der Waals surface area contributed by atoms with E-state index in [4.69, 9.17) is 0 Å². The molecule has 0 spiro atoms. The van der Waals surface area contributed by atoms with Crippen LogP contribution in [0, 0.1) is 11.3 Å². The summed E-state index contributed by atoms with van der Waals surface area (Å²) in [5.74, 6) is -0.143. The van der Waals surface area contributed by atoms with Gasteiger partial charge in [0.2, 0.25) is 5.91 Å². The zero-order valence-electron chi connectivity index (χ0n) is 15.2. The summed E-state index contributed by atoms with van der Waals surface area (Å²) in [6.45, 7) is -1.78. The molecule has 4 rings (SSSR count). The SMILES string of the molecule is N#Cc1cnc2ccc(OC(F)F)cc2c1NCC(=O)N1CCc2sccc2C1. The van der Waals surface area contributed by atoms with E-state index >= 15 is 0 Å². The molecule has 1 aliphatic rings. The molecule has 0 saturated carbocycles. The standard InChI is InChI=1S/C20H16F2N4O2S/c21-20(22)28-14-1-2-16-15(7-14)19(13(8-23)9-24-16)25-10-18(27)26-5-3-17-12(11-26)4-6-29-17/h1-2,4,6-7,9,20H,3,5,10-11H2,(H,24,25). The van der Waals surface area contributed by atoms with Crippen LogP contribution in [-0.4, -0.2) is 35.5 Å². The maximum absolute atomic E-state index is 12.7. The number of fused-ring (bicyclic) bond motifs is 2. The molecule has 3 heterocycles. The van der Waals surface area contributed by atoms with Crippen LogP contribution in [0.2, 0.25) is 0 Å². The number of aromatic nitrogens is 1. The van der Waals surface area contributed by atoms with Crippen molar-refractivity contribution in [3.05, 3.63) is 51.8 Å². The minimum absolute atomic E-state index is 0.0206. The van der Waals surface area contributed by atoms with Gasteiger partial charge in [0.15, 0.2) is 0 Å². The minimum Gasteiger partial charge on any atom is -0.435 e. The number of anilines is 1. The third-order valence-corrected chi connectivity index (χ3v) is 5.78. The molecular formula is C20H16F2N4O2S. The van der Waals surface area contributed by atoms with Gasteiger partial charge >= 0.3 is 6.61 Å². The molecule has 1 amide bonds. The summed E-state index contributed by atoms with van der Waals surface area (Å²) >= 11 is 1.70. The quantitative estimate of drug-likeness (QED) is 0.688. The lowest BCUT2D eigenvalue weighted by molar-refractivity contribution is -0.130. The van der Waals surface area contributed by atoms with Crippen molar-refractivity contribution in [3.8, 4) is 11.8 Å². The van der Waals surface area contributed by atoms with Gasteiger partial charge in [-0.3, -0.25) is 9.78 Å². The number of nitrogens with zero attached hydrogens (tertiary/aromatic N) is 3. The summed E-state index contributed by atoms with van der Waals surface area (Å²) < 4.78 is 29.6. The Labute approximate surface area is 169 Å². The van der Waals surface area contributed by atoms with E-state index < -0.39 is 6.61 Å². The Hall–Kier alpha value is -3.25. The predicted molar refractivity (Wildman–Crippen MR) is 105 cm³/mol. The van der Waals surface area contributed by atoms with Crippen molar-refractivity contribution < 1.29 is 18.3 Å². The van der Waals surface area contributed by atoms with Gasteiger partial charge in [-0.2, -0.15) is 14.0 Å². The largest absolute Gasteiger partial charge is 0.435 e. The van der Waals surface area contributed by atoms with Crippen LogP contribution in [0.5, 0.6) is 5.75 Å². The van der Waals surface area contributed by atoms with Crippen molar-refractivity contribution in [1.29, 1.82) is 5.26 Å². The number of amides is 1. The van der Waals surface area contributed by atoms with E-state index in [2.05, 4.69) is 15.0 Å². The van der Waals surface area contributed by atoms with Gasteiger partial charge in [0, 0.05) is 29.5 Å². The molecule has 0 unspecified atom stereocenters. The van der Waals surface area contributed by atoms with Crippen molar-refractivity contribution in [1.82, 2.24) is 9.88 Å². The van der Waals surface area contributed by atoms with E-state index in [0.29, 0.717) is 29.7 Å². The Morgan fingerprint density at radius 3 is 3.07 bits per heavy atom. The molecule has 0 bridgehead atoms. The van der Waals surface area contributed by atoms with Gasteiger partial charge in [-0.1, -0.05) is 0 Å². The monoisotopic (exact) mass is 414 g/mol. The number of hydrogen-bond acceptors (Lipinski definition) is 6. The van der Waals surface area contributed by atoms with Crippen molar-refractivity contribution in [2.75, 3.05) is 18.4 Å². The third-order valence-electron chi connectivity index (χ3n) is 4.76. The number of ether oxygens (including phenoxy) is 1. The summed E-state index contributed by atoms with van der Waals surface area (Å²) in [5.41, 5.74) is 2.26. The first-order chi connectivity index (χ1) is 14.0. The van der Waals surface area contributed by atoms with E-state index in [1.807, 2.05) is 17.5 Å². The second kappa shape index (κ2) is 8.01. The zero-order chi connectivity index (χ0) is 20.4. The topological polar surface area (TPSA) is 78.2 Å². The lowest BCUT2D eigenvalue weighted by atomic mass is 10.1. The molecule has 0 atom stereocenters. The summed E-state index contributed by atoms with van der Waals surface area (Å²) in [7, 11) is 0. The minimum atomic E-state index is -2.96. The molecule has 1 aliphatic heterocycles. The predicted octanol–water partition coefficient (Wildman–Crippen LogP) is 3.77. The number of carbonyl (C=O) groups is 1. The molecule has 1 aromatic carbocycles. The van der Waals surface area contributed by atoms with Crippen molar-refractivity contribution >= 4 is 33.8 Å². The van der Waals surface area contributed by atoms with Gasteiger partial charge in [0.25, 0.3) is 0 Å². The van der Waals surface area contributed by atoms with Crippen molar-refractivity contribution in [3.63, 3.8) is 0 Å². The average Bonchev–Trinajstić information content (AvgIpc) is 3.19. The maximum Gasteiger partial charge on any atom is 0.387 e. The Bertz CT molecular complexity index is 1110. The molecule has 9 heteroatoms. The molecule has 1 N–H and O–H groups in total. The highest BCUT2D eigenvalue weighted by Gasteiger charge is 2.22. The van der Waals surface area contributed by atoms with E-state index in [0.717, 1.165) is 12.0 Å². The van der Waals surface area contributed by atoms with Crippen LogP contribution in [0.4, 0.5) is 14.5 Å². The fourth-order valence-corrected chi connectivity index (χ4v) is 4.25. The average molecular weight is 414 g/mol. The third kappa shape index (κ3) is 3.98. The Morgan fingerprint density at radius 1 is 1.41 bits per heavy atom. The van der Waals surface area contributed by atoms with Crippen LogP contribution < -0.4 is 10.1 Å². The molecule has 148 valence electrons. The van der Waals surface area contributed by atoms with Crippen LogP contribution >= 0.6 is 11.3 Å². The molecule has 0 aliphatic carbocycles. The fraction of sp³-hybridized carbons (Fsp3) is 0.250. The summed E-state index contributed by atoms with van der Waals surface area (Å²) in [6.07, 6.45) is 2.22. The second-order valence-electron chi connectivity index (χ2n) is 6.50. The van der Waals surface area contributed by atoms with Crippen LogP contribution in [0.3, 0.4) is 0 Å². The first-order valence-corrected chi connectivity index (χ1v) is 9.77. The van der Waals surface area contributed by atoms with E-state index in [1.54, 1.807) is 16.2 Å². The maximum atomic E-state index is 12.7. The first kappa shape index (κ1) is 19.1. The van der Waals surface area contributed by atoms with Crippen molar-refractivity contribution in [2.45, 2.75) is 19.6 Å². The molecule has 6 nitrogen and oxygen atoms in total. The molecule has 2 aromatic heterocycles. The number of halogens is 2. The molecular weight excluding hydrogens is 398 g/mol. The number of nitrogens with one attached hydrogen (secondary N) is 1. The fourth-order valence-electron chi connectivity index (χ4n) is 3.36. The van der Waals surface area contributed by atoms with Gasteiger partial charge in [-0.25, -0.2) is 0 Å². The Balaban J connectivity index is 1.56. The van der Waals surface area contributed by atoms with E-state index in [-0.39, 0.29) is 23.8 Å². The number of rotatable bonds is 5. The zero-order valence-corrected chi connectivity index (χ0v) is 16.0. The van der Waals surface area contributed by atoms with E-state index in [1.165, 1.54) is 29.3 Å². The molecule has 0 saturated heterocycles. The first-order valence-electron chi connectivity index (χ1n) is 8.89. The van der Waals surface area contributed by atoms with Crippen LogP contribution in [-0.2, 0) is 17.8 Å². The molecule has 0 fully saturated rings. The Morgan fingerprint density at radius 2 is 2.28 bits per heavy atom. The highest BCUT2D eigenvalue weighted by atomic mass is 32.1. The number of benzene rings is 1. The molecule has 29 heavy (non-hydrogen) atoms. The highest BCUT2D eigenvalue weighted by molar-refractivity contribution is 7.10. The summed E-state index contributed by atoms with van der Waals surface area (Å²) in [6, 6.07) is 8.36. The number of thiophene rings is 1. The van der Waals surface area contributed by atoms with Gasteiger partial charge in [-0.15, -0.1) is 11.3 Å². The number of alkyl halides is 2. The van der Waals surface area contributed by atoms with Gasteiger partial charge in [0.1, 0.15) is 11.8 Å². The Kier molecular flexibility index (Phi) is 5.27. The normalized spacial score (nSPS) is 13.2. The van der Waals surface area contributed by atoms with Gasteiger partial charge in [0.05, 0.1) is 23.3 Å². The smallest absolute Gasteiger partial charge is 0.387 e. The lowest BCUT2D eigenvalue weighted by Gasteiger charge is -2.27. The number of hydrogen-bond donors (Lipinski definition) is 1. The summed E-state index contributed by atoms with van der Waals surface area (Å²) in [4.78, 5) is 19.9. The van der Waals surface area contributed by atoms with E-state index in [9.17, 15) is 18.8 Å². The van der Waals surface area contributed by atoms with Crippen LogP contribution in [0.1, 0.15) is 16.0 Å². The van der Waals surface area contributed by atoms with Crippen LogP contribution in [0.15, 0.2) is 35.8 Å². The highest BCUT2D eigenvalue weighted by Crippen LogP contribution is 2.30. The molecule has 0 radical (unpaired) electrons. The lowest BCUT2D eigenvalue weighted by Crippen LogP contribution is -2.38. The van der Waals surface area contributed by atoms with Crippen molar-refractivity contribution in [2.24, 2.45) is 0 Å². The second-order valence-corrected chi connectivity index (χ2v) is 7.50. The summed E-state index contributed by atoms with van der Waals surface area (Å²) in [5, 5.41) is 14.9. The molecule has 3 aromatic rings. The number of pyridine rings is 1. The van der Waals surface area contributed by atoms with Crippen LogP contribution in [0.25, 0.3) is 10.9 Å².